The Hall–Kier alpha value is -0.810. The van der Waals surface area contributed by atoms with Gasteiger partial charge in [0.25, 0.3) is 0 Å². The van der Waals surface area contributed by atoms with Crippen molar-refractivity contribution in [3.63, 3.8) is 0 Å². The molecular formula is C14H18Cl2N2O2. The Kier molecular flexibility index (Phi) is 5.27. The fourth-order valence-corrected chi connectivity index (χ4v) is 2.83. The number of halogens is 2. The summed E-state index contributed by atoms with van der Waals surface area (Å²) in [5.74, 6) is -0.0413. The van der Waals surface area contributed by atoms with Gasteiger partial charge < -0.3 is 10.4 Å². The highest BCUT2D eigenvalue weighted by molar-refractivity contribution is 6.42. The van der Waals surface area contributed by atoms with Crippen LogP contribution >= 0.6 is 23.2 Å². The SMILES string of the molecule is CN1C[C@H](NC(=O)Cc2ccc(Cl)c(Cl)c2)C[C@H]1CO. The first-order chi connectivity index (χ1) is 9.49. The summed E-state index contributed by atoms with van der Waals surface area (Å²) in [6.07, 6.45) is 1.06. The van der Waals surface area contributed by atoms with E-state index >= 15 is 0 Å². The molecule has 1 fully saturated rings. The molecular weight excluding hydrogens is 299 g/mol. The molecule has 1 heterocycles. The number of carbonyl (C=O) groups is 1. The molecule has 6 heteroatoms. The normalized spacial score (nSPS) is 23.0. The molecule has 0 aromatic heterocycles. The molecule has 0 unspecified atom stereocenters. The second kappa shape index (κ2) is 6.76. The van der Waals surface area contributed by atoms with E-state index in [-0.39, 0.29) is 31.0 Å². The average Bonchev–Trinajstić information content (AvgIpc) is 2.73. The number of benzene rings is 1. The van der Waals surface area contributed by atoms with E-state index in [4.69, 9.17) is 23.2 Å². The van der Waals surface area contributed by atoms with Crippen LogP contribution in [0.5, 0.6) is 0 Å². The summed E-state index contributed by atoms with van der Waals surface area (Å²) in [5.41, 5.74) is 0.835. The summed E-state index contributed by atoms with van der Waals surface area (Å²) in [5, 5.41) is 13.1. The van der Waals surface area contributed by atoms with E-state index in [1.807, 2.05) is 7.05 Å². The van der Waals surface area contributed by atoms with Gasteiger partial charge in [-0.2, -0.15) is 0 Å². The van der Waals surface area contributed by atoms with Crippen LogP contribution in [-0.2, 0) is 11.2 Å². The van der Waals surface area contributed by atoms with E-state index in [1.54, 1.807) is 18.2 Å². The van der Waals surface area contributed by atoms with Crippen LogP contribution in [-0.4, -0.2) is 48.2 Å². The lowest BCUT2D eigenvalue weighted by Gasteiger charge is -2.15. The standard InChI is InChI=1S/C14H18Cl2N2O2/c1-18-7-10(6-11(18)8-19)17-14(20)5-9-2-3-12(15)13(16)4-9/h2-4,10-11,19H,5-8H2,1H3,(H,17,20)/t10-,11+/m1/s1. The van der Waals surface area contributed by atoms with Crippen molar-refractivity contribution in [3.05, 3.63) is 33.8 Å². The van der Waals surface area contributed by atoms with E-state index in [1.165, 1.54) is 0 Å². The van der Waals surface area contributed by atoms with Gasteiger partial charge in [-0.05, 0) is 31.2 Å². The maximum absolute atomic E-state index is 12.0. The number of hydrogen-bond donors (Lipinski definition) is 2. The number of hydrogen-bond acceptors (Lipinski definition) is 3. The van der Waals surface area contributed by atoms with Gasteiger partial charge in [-0.1, -0.05) is 29.3 Å². The molecule has 2 rings (SSSR count). The van der Waals surface area contributed by atoms with Gasteiger partial charge in [-0.3, -0.25) is 9.69 Å². The minimum atomic E-state index is -0.0413. The second-order valence-electron chi connectivity index (χ2n) is 5.20. The van der Waals surface area contributed by atoms with E-state index < -0.39 is 0 Å². The predicted molar refractivity (Wildman–Crippen MR) is 80.2 cm³/mol. The van der Waals surface area contributed by atoms with Gasteiger partial charge in [0.05, 0.1) is 23.1 Å². The molecule has 0 aliphatic carbocycles. The fourth-order valence-electron chi connectivity index (χ4n) is 2.51. The van der Waals surface area contributed by atoms with Gasteiger partial charge in [0, 0.05) is 18.6 Å². The Bertz CT molecular complexity index is 496. The zero-order valence-electron chi connectivity index (χ0n) is 11.3. The number of carbonyl (C=O) groups excluding carboxylic acids is 1. The zero-order chi connectivity index (χ0) is 14.7. The van der Waals surface area contributed by atoms with Crippen LogP contribution in [0.15, 0.2) is 18.2 Å². The molecule has 1 aliphatic heterocycles. The largest absolute Gasteiger partial charge is 0.395 e. The van der Waals surface area contributed by atoms with Crippen LogP contribution < -0.4 is 5.32 Å². The van der Waals surface area contributed by atoms with Crippen LogP contribution in [0.3, 0.4) is 0 Å². The van der Waals surface area contributed by atoms with Crippen LogP contribution in [0, 0.1) is 0 Å². The van der Waals surface area contributed by atoms with E-state index in [0.29, 0.717) is 10.0 Å². The van der Waals surface area contributed by atoms with E-state index in [0.717, 1.165) is 18.5 Å². The van der Waals surface area contributed by atoms with Crippen molar-refractivity contribution >= 4 is 29.1 Å². The summed E-state index contributed by atoms with van der Waals surface area (Å²) < 4.78 is 0. The molecule has 1 aliphatic rings. The highest BCUT2D eigenvalue weighted by Crippen LogP contribution is 2.23. The average molecular weight is 317 g/mol. The molecule has 1 aromatic carbocycles. The Morgan fingerprint density at radius 3 is 2.80 bits per heavy atom. The number of likely N-dealkylation sites (tertiary alicyclic amines) is 1. The van der Waals surface area contributed by atoms with Gasteiger partial charge in [-0.25, -0.2) is 0 Å². The maximum Gasteiger partial charge on any atom is 0.224 e. The third kappa shape index (κ3) is 3.85. The van der Waals surface area contributed by atoms with Gasteiger partial charge in [0.15, 0.2) is 0 Å². The molecule has 20 heavy (non-hydrogen) atoms. The molecule has 1 aromatic rings. The van der Waals surface area contributed by atoms with Crippen molar-refractivity contribution in [2.45, 2.75) is 24.9 Å². The van der Waals surface area contributed by atoms with Crippen molar-refractivity contribution in [1.82, 2.24) is 10.2 Å². The predicted octanol–water partition coefficient (Wildman–Crippen LogP) is 1.72. The minimum Gasteiger partial charge on any atom is -0.395 e. The summed E-state index contributed by atoms with van der Waals surface area (Å²) in [6, 6.07) is 5.42. The third-order valence-electron chi connectivity index (χ3n) is 3.61. The molecule has 2 atom stereocenters. The van der Waals surface area contributed by atoms with Crippen LogP contribution in [0.1, 0.15) is 12.0 Å². The molecule has 0 saturated carbocycles. The highest BCUT2D eigenvalue weighted by atomic mass is 35.5. The maximum atomic E-state index is 12.0. The smallest absolute Gasteiger partial charge is 0.224 e. The Balaban J connectivity index is 1.88. The number of aliphatic hydroxyl groups is 1. The third-order valence-corrected chi connectivity index (χ3v) is 4.35. The number of nitrogens with one attached hydrogen (secondary N) is 1. The van der Waals surface area contributed by atoms with Gasteiger partial charge >= 0.3 is 0 Å². The van der Waals surface area contributed by atoms with Crippen LogP contribution in [0.4, 0.5) is 0 Å². The molecule has 110 valence electrons. The molecule has 1 saturated heterocycles. The monoisotopic (exact) mass is 316 g/mol. The van der Waals surface area contributed by atoms with Gasteiger partial charge in [0.1, 0.15) is 0 Å². The Morgan fingerprint density at radius 2 is 2.20 bits per heavy atom. The van der Waals surface area contributed by atoms with Crippen LogP contribution in [0.25, 0.3) is 0 Å². The number of rotatable bonds is 4. The van der Waals surface area contributed by atoms with Gasteiger partial charge in [0.2, 0.25) is 5.91 Å². The van der Waals surface area contributed by atoms with Crippen molar-refractivity contribution in [2.24, 2.45) is 0 Å². The minimum absolute atomic E-state index is 0.0413. The topological polar surface area (TPSA) is 52.6 Å². The Labute approximate surface area is 128 Å². The number of likely N-dealkylation sites (N-methyl/N-ethyl adjacent to an activating group) is 1. The van der Waals surface area contributed by atoms with Crippen LogP contribution in [0.2, 0.25) is 10.0 Å². The first-order valence-electron chi connectivity index (χ1n) is 6.54. The molecule has 1 amide bonds. The number of amides is 1. The first-order valence-corrected chi connectivity index (χ1v) is 7.29. The quantitative estimate of drug-likeness (QED) is 0.889. The van der Waals surface area contributed by atoms with E-state index in [2.05, 4.69) is 10.2 Å². The number of aliphatic hydroxyl groups excluding tert-OH is 1. The zero-order valence-corrected chi connectivity index (χ0v) is 12.8. The van der Waals surface area contributed by atoms with Crippen molar-refractivity contribution in [3.8, 4) is 0 Å². The lowest BCUT2D eigenvalue weighted by atomic mass is 10.1. The molecule has 0 bridgehead atoms. The van der Waals surface area contributed by atoms with Crippen molar-refractivity contribution < 1.29 is 9.90 Å². The lowest BCUT2D eigenvalue weighted by molar-refractivity contribution is -0.121. The van der Waals surface area contributed by atoms with Crippen molar-refractivity contribution in [1.29, 1.82) is 0 Å². The molecule has 2 N–H and O–H groups in total. The summed E-state index contributed by atoms with van der Waals surface area (Å²) in [7, 11) is 1.95. The highest BCUT2D eigenvalue weighted by Gasteiger charge is 2.29. The summed E-state index contributed by atoms with van der Waals surface area (Å²) >= 11 is 11.8. The Morgan fingerprint density at radius 1 is 1.45 bits per heavy atom. The summed E-state index contributed by atoms with van der Waals surface area (Å²) in [4.78, 5) is 14.1. The molecule has 0 radical (unpaired) electrons. The second-order valence-corrected chi connectivity index (χ2v) is 6.02. The van der Waals surface area contributed by atoms with Crippen molar-refractivity contribution in [2.75, 3.05) is 20.2 Å². The van der Waals surface area contributed by atoms with E-state index in [9.17, 15) is 9.90 Å². The van der Waals surface area contributed by atoms with Gasteiger partial charge in [-0.15, -0.1) is 0 Å². The summed E-state index contributed by atoms with van der Waals surface area (Å²) in [6.45, 7) is 0.883. The lowest BCUT2D eigenvalue weighted by Crippen LogP contribution is -2.37. The first kappa shape index (κ1) is 15.6. The number of nitrogens with zero attached hydrogens (tertiary/aromatic N) is 1. The molecule has 4 nitrogen and oxygen atoms in total. The fraction of sp³-hybridized carbons (Fsp3) is 0.500. The molecule has 0 spiro atoms.